The third kappa shape index (κ3) is 7.24. The van der Waals surface area contributed by atoms with Crippen molar-refractivity contribution in [2.24, 2.45) is 28.7 Å². The van der Waals surface area contributed by atoms with Crippen LogP contribution in [-0.2, 0) is 10.0 Å². The summed E-state index contributed by atoms with van der Waals surface area (Å²) in [4.78, 5) is 3.18. The fraction of sp³-hybridized carbons (Fsp3) is 0.600. The highest BCUT2D eigenvalue weighted by Gasteiger charge is 2.29. The molecular weight excluding hydrogens is 475 g/mol. The second-order valence-corrected chi connectivity index (χ2v) is 11.8. The summed E-state index contributed by atoms with van der Waals surface area (Å²) >= 11 is 7.15. The van der Waals surface area contributed by atoms with E-state index in [9.17, 15) is 12.8 Å². The maximum absolute atomic E-state index is 14.7. The first-order chi connectivity index (χ1) is 14.9. The van der Waals surface area contributed by atoms with Crippen molar-refractivity contribution in [3.05, 3.63) is 29.3 Å². The Labute approximate surface area is 198 Å². The predicted molar refractivity (Wildman–Crippen MR) is 129 cm³/mol. The highest BCUT2D eigenvalue weighted by atomic mass is 35.5. The Morgan fingerprint density at radius 1 is 1.31 bits per heavy atom. The Hall–Kier alpha value is -1.53. The zero-order chi connectivity index (χ0) is 24.1. The molecule has 1 aromatic heterocycles. The molecule has 1 aromatic carbocycles. The van der Waals surface area contributed by atoms with Gasteiger partial charge in [0, 0.05) is 24.1 Å². The molecule has 0 unspecified atom stereocenters. The topological polar surface area (TPSA) is 136 Å². The summed E-state index contributed by atoms with van der Waals surface area (Å²) in [5, 5.41) is 3.28. The van der Waals surface area contributed by atoms with E-state index < -0.39 is 20.7 Å². The Morgan fingerprint density at radius 3 is 2.56 bits per heavy atom. The molecular formula is C20H32ClFN6O2S2. The number of aromatic nitrogens is 2. The molecule has 0 aliphatic rings. The molecule has 12 heteroatoms. The van der Waals surface area contributed by atoms with Gasteiger partial charge in [0.15, 0.2) is 0 Å². The van der Waals surface area contributed by atoms with E-state index in [2.05, 4.69) is 47.1 Å². The molecule has 8 nitrogen and oxygen atoms in total. The molecule has 1 heterocycles. The van der Waals surface area contributed by atoms with Gasteiger partial charge >= 0.3 is 0 Å². The quantitative estimate of drug-likeness (QED) is 0.342. The lowest BCUT2D eigenvalue weighted by Gasteiger charge is -2.34. The van der Waals surface area contributed by atoms with Crippen LogP contribution in [0.1, 0.15) is 40.5 Å². The van der Waals surface area contributed by atoms with E-state index in [1.54, 1.807) is 0 Å². The van der Waals surface area contributed by atoms with Crippen molar-refractivity contribution in [3.63, 3.8) is 0 Å². The van der Waals surface area contributed by atoms with E-state index in [0.717, 1.165) is 36.5 Å². The molecule has 0 saturated heterocycles. The van der Waals surface area contributed by atoms with E-state index in [1.165, 1.54) is 6.33 Å². The summed E-state index contributed by atoms with van der Waals surface area (Å²) in [6.07, 6.45) is 2.89. The minimum atomic E-state index is -4.20. The molecule has 32 heavy (non-hydrogen) atoms. The molecule has 0 bridgehead atoms. The van der Waals surface area contributed by atoms with E-state index in [1.807, 2.05) is 0 Å². The molecule has 2 atom stereocenters. The number of hydrogen-bond donors (Lipinski definition) is 4. The molecule has 0 aliphatic heterocycles. The van der Waals surface area contributed by atoms with Crippen molar-refractivity contribution in [2.75, 3.05) is 23.1 Å². The smallest absolute Gasteiger partial charge is 0.266 e. The Kier molecular flexibility index (Phi) is 9.24. The SMILES string of the molecule is CC(C)[C@@H](N)[C@H](CNc1cc(F)c(S(=O)(=O)Nc2ncns2)cc1Cl)CC(C)(C)CCN. The van der Waals surface area contributed by atoms with Crippen LogP contribution in [0, 0.1) is 23.1 Å². The summed E-state index contributed by atoms with van der Waals surface area (Å²) in [5.41, 5.74) is 12.5. The normalized spacial score (nSPS) is 14.4. The van der Waals surface area contributed by atoms with Crippen molar-refractivity contribution < 1.29 is 12.8 Å². The first-order valence-electron chi connectivity index (χ1n) is 10.3. The second-order valence-electron chi connectivity index (χ2n) is 8.98. The molecule has 0 fully saturated rings. The molecule has 2 rings (SSSR count). The largest absolute Gasteiger partial charge is 0.383 e. The number of halogens is 2. The van der Waals surface area contributed by atoms with Gasteiger partial charge in [-0.1, -0.05) is 39.3 Å². The van der Waals surface area contributed by atoms with Crippen molar-refractivity contribution in [2.45, 2.75) is 51.5 Å². The van der Waals surface area contributed by atoms with Crippen LogP contribution >= 0.6 is 23.1 Å². The standard InChI is InChI=1S/C20H32ClFN6O2S2/c1-12(2)18(24)13(9-20(3,4)5-6-23)10-25-16-8-15(22)17(7-14(16)21)32(29,30)28-19-26-11-27-31-19/h7-8,11-13,18,25H,5-6,9-10,23-24H2,1-4H3,(H,26,27,28)/t13-,18+/m0/s1. The van der Waals surface area contributed by atoms with Crippen molar-refractivity contribution in [1.29, 1.82) is 0 Å². The van der Waals surface area contributed by atoms with Crippen LogP contribution in [0.25, 0.3) is 0 Å². The van der Waals surface area contributed by atoms with Gasteiger partial charge in [0.25, 0.3) is 10.0 Å². The summed E-state index contributed by atoms with van der Waals surface area (Å²) in [7, 11) is -4.20. The maximum Gasteiger partial charge on any atom is 0.266 e. The Morgan fingerprint density at radius 2 is 2.00 bits per heavy atom. The molecule has 0 spiro atoms. The van der Waals surface area contributed by atoms with E-state index >= 15 is 0 Å². The Balaban J connectivity index is 2.21. The van der Waals surface area contributed by atoms with Crippen LogP contribution in [0.2, 0.25) is 5.02 Å². The van der Waals surface area contributed by atoms with Gasteiger partial charge < -0.3 is 16.8 Å². The number of rotatable bonds is 12. The molecule has 2 aromatic rings. The first kappa shape index (κ1) is 26.7. The van der Waals surface area contributed by atoms with Crippen LogP contribution in [0.5, 0.6) is 0 Å². The molecule has 0 radical (unpaired) electrons. The van der Waals surface area contributed by atoms with Crippen LogP contribution in [-0.4, -0.2) is 36.9 Å². The van der Waals surface area contributed by atoms with Crippen LogP contribution < -0.4 is 21.5 Å². The van der Waals surface area contributed by atoms with E-state index in [0.29, 0.717) is 18.8 Å². The number of nitrogens with one attached hydrogen (secondary N) is 2. The lowest BCUT2D eigenvalue weighted by atomic mass is 9.75. The van der Waals surface area contributed by atoms with Gasteiger partial charge in [-0.05, 0) is 48.8 Å². The van der Waals surface area contributed by atoms with E-state index in [-0.39, 0.29) is 33.4 Å². The van der Waals surface area contributed by atoms with Gasteiger partial charge in [0.05, 0.1) is 10.7 Å². The second kappa shape index (κ2) is 11.1. The molecule has 0 aliphatic carbocycles. The van der Waals surface area contributed by atoms with Crippen molar-refractivity contribution >= 4 is 44.0 Å². The maximum atomic E-state index is 14.7. The Bertz CT molecular complexity index is 986. The van der Waals surface area contributed by atoms with Crippen LogP contribution in [0.4, 0.5) is 15.2 Å². The zero-order valence-corrected chi connectivity index (χ0v) is 21.1. The molecule has 0 saturated carbocycles. The van der Waals surface area contributed by atoms with Crippen LogP contribution in [0.3, 0.4) is 0 Å². The average molecular weight is 507 g/mol. The van der Waals surface area contributed by atoms with Gasteiger partial charge in [-0.3, -0.25) is 4.72 Å². The van der Waals surface area contributed by atoms with E-state index in [4.69, 9.17) is 23.1 Å². The van der Waals surface area contributed by atoms with Crippen molar-refractivity contribution in [3.8, 4) is 0 Å². The lowest BCUT2D eigenvalue weighted by molar-refractivity contribution is 0.215. The van der Waals surface area contributed by atoms with Gasteiger partial charge in [-0.25, -0.2) is 17.8 Å². The number of nitrogens with two attached hydrogens (primary N) is 2. The number of benzene rings is 1. The summed E-state index contributed by atoms with van der Waals surface area (Å²) in [6.45, 7) is 9.47. The number of anilines is 2. The lowest BCUT2D eigenvalue weighted by Crippen LogP contribution is -2.41. The predicted octanol–water partition coefficient (Wildman–Crippen LogP) is 3.91. The molecule has 0 amide bonds. The molecule has 180 valence electrons. The monoisotopic (exact) mass is 506 g/mol. The third-order valence-corrected chi connectivity index (χ3v) is 7.77. The summed E-state index contributed by atoms with van der Waals surface area (Å²) in [6, 6.07) is 2.08. The number of nitrogens with zero attached hydrogens (tertiary/aromatic N) is 2. The van der Waals surface area contributed by atoms with Gasteiger partial charge in [0.1, 0.15) is 17.0 Å². The third-order valence-electron chi connectivity index (χ3n) is 5.40. The fourth-order valence-electron chi connectivity index (χ4n) is 3.59. The summed E-state index contributed by atoms with van der Waals surface area (Å²) < 4.78 is 45.7. The molecule has 6 N–H and O–H groups in total. The fourth-order valence-corrected chi connectivity index (χ4v) is 5.63. The number of sulfonamides is 1. The first-order valence-corrected chi connectivity index (χ1v) is 13.0. The minimum Gasteiger partial charge on any atom is -0.383 e. The highest BCUT2D eigenvalue weighted by molar-refractivity contribution is 7.93. The summed E-state index contributed by atoms with van der Waals surface area (Å²) in [5.74, 6) is -0.595. The zero-order valence-electron chi connectivity index (χ0n) is 18.7. The van der Waals surface area contributed by atoms with Crippen molar-refractivity contribution in [1.82, 2.24) is 9.36 Å². The average Bonchev–Trinajstić information content (AvgIpc) is 3.18. The highest BCUT2D eigenvalue weighted by Crippen LogP contribution is 2.33. The van der Waals surface area contributed by atoms with Crippen LogP contribution in [0.15, 0.2) is 23.4 Å². The van der Waals surface area contributed by atoms with Gasteiger partial charge in [0.2, 0.25) is 5.13 Å². The van der Waals surface area contributed by atoms with Gasteiger partial charge in [-0.15, -0.1) is 0 Å². The van der Waals surface area contributed by atoms with Gasteiger partial charge in [-0.2, -0.15) is 4.37 Å². The number of hydrogen-bond acceptors (Lipinski definition) is 8. The minimum absolute atomic E-state index is 0.00303.